The molecule has 0 unspecified atom stereocenters. The summed E-state index contributed by atoms with van der Waals surface area (Å²) in [7, 11) is -3.93. The summed E-state index contributed by atoms with van der Waals surface area (Å²) in [5.74, 6) is -0.364. The molecule has 4 aromatic rings. The lowest BCUT2D eigenvalue weighted by Crippen LogP contribution is -2.17. The molecule has 2 aromatic carbocycles. The molecule has 2 aromatic heterocycles. The summed E-state index contributed by atoms with van der Waals surface area (Å²) in [6.45, 7) is 2.77. The molecule has 0 fully saturated rings. The minimum absolute atomic E-state index is 0.0716. The van der Waals surface area contributed by atoms with Crippen molar-refractivity contribution in [3.63, 3.8) is 0 Å². The summed E-state index contributed by atoms with van der Waals surface area (Å²) in [4.78, 5) is 19.0. The van der Waals surface area contributed by atoms with E-state index in [9.17, 15) is 13.2 Å². The molecule has 0 aliphatic carbocycles. The van der Waals surface area contributed by atoms with Gasteiger partial charge >= 0.3 is 0 Å². The number of nitrogens with one attached hydrogen (secondary N) is 2. The predicted molar refractivity (Wildman–Crippen MR) is 134 cm³/mol. The fourth-order valence-electron chi connectivity index (χ4n) is 3.46. The summed E-state index contributed by atoms with van der Waals surface area (Å²) < 4.78 is 23.8. The number of carbonyl (C=O) groups is 1. The maximum atomic E-state index is 13.4. The van der Waals surface area contributed by atoms with E-state index in [4.69, 9.17) is 10.1 Å². The smallest absolute Gasteiger partial charge is 0.256 e. The number of rotatable bonds is 8. The standard InChI is InChI=1S/C24H24N4O3S2/c1-2-3-12-26-20-11-10-16(33(25,30)31)14-21(20)28-24(29)18-15-22(23-9-6-13-32-23)27-19-8-5-4-7-17(18)19/h4-11,13-15,26H,2-3,12H2,1H3,(H,28,29)(H2,25,30,31). The summed E-state index contributed by atoms with van der Waals surface area (Å²) in [6, 6.07) is 17.5. The number of nitrogens with zero attached hydrogens (tertiary/aromatic N) is 1. The number of nitrogens with two attached hydrogens (primary N) is 1. The molecular formula is C24H24N4O3S2. The Hall–Kier alpha value is -3.27. The van der Waals surface area contributed by atoms with Crippen LogP contribution in [0.4, 0.5) is 11.4 Å². The third-order valence-corrected chi connectivity index (χ3v) is 6.95. The zero-order chi connectivity index (χ0) is 23.4. The van der Waals surface area contributed by atoms with E-state index >= 15 is 0 Å². The molecule has 0 aliphatic heterocycles. The Balaban J connectivity index is 1.76. The fourth-order valence-corrected chi connectivity index (χ4v) is 4.69. The first kappa shape index (κ1) is 22.9. The number of thiophene rings is 1. The van der Waals surface area contributed by atoms with Crippen LogP contribution >= 0.6 is 11.3 Å². The number of para-hydroxylation sites is 1. The number of hydrogen-bond acceptors (Lipinski definition) is 6. The fraction of sp³-hybridized carbons (Fsp3) is 0.167. The summed E-state index contributed by atoms with van der Waals surface area (Å²) in [5, 5.41) is 14.1. The Labute approximate surface area is 196 Å². The average Bonchev–Trinajstić information content (AvgIpc) is 3.34. The van der Waals surface area contributed by atoms with Gasteiger partial charge < -0.3 is 10.6 Å². The number of pyridine rings is 1. The quantitative estimate of drug-likeness (QED) is 0.305. The normalized spacial score (nSPS) is 11.5. The van der Waals surface area contributed by atoms with Crippen LogP contribution in [0.15, 0.2) is 70.9 Å². The second kappa shape index (κ2) is 9.70. The van der Waals surface area contributed by atoms with Gasteiger partial charge in [0.15, 0.2) is 0 Å². The first-order chi connectivity index (χ1) is 15.9. The molecule has 0 bridgehead atoms. The number of amides is 1. The van der Waals surface area contributed by atoms with Crippen molar-refractivity contribution in [3.8, 4) is 10.6 Å². The lowest BCUT2D eigenvalue weighted by molar-refractivity contribution is 0.102. The number of benzene rings is 2. The Morgan fingerprint density at radius 1 is 1.06 bits per heavy atom. The predicted octanol–water partition coefficient (Wildman–Crippen LogP) is 5.08. The number of aromatic nitrogens is 1. The van der Waals surface area contributed by atoms with Crippen molar-refractivity contribution < 1.29 is 13.2 Å². The van der Waals surface area contributed by atoms with Crippen LogP contribution in [0, 0.1) is 0 Å². The van der Waals surface area contributed by atoms with Crippen molar-refractivity contribution in [2.75, 3.05) is 17.2 Å². The van der Waals surface area contributed by atoms with Crippen molar-refractivity contribution in [2.24, 2.45) is 5.14 Å². The van der Waals surface area contributed by atoms with Crippen LogP contribution in [0.25, 0.3) is 21.5 Å². The van der Waals surface area contributed by atoms with E-state index in [0.717, 1.165) is 17.7 Å². The molecule has 0 aliphatic rings. The molecule has 7 nitrogen and oxygen atoms in total. The lowest BCUT2D eigenvalue weighted by Gasteiger charge is -2.15. The van der Waals surface area contributed by atoms with Gasteiger partial charge in [-0.2, -0.15) is 0 Å². The second-order valence-corrected chi connectivity index (χ2v) is 10.0. The number of unbranched alkanes of at least 4 members (excludes halogenated alkanes) is 1. The van der Waals surface area contributed by atoms with Gasteiger partial charge in [-0.05, 0) is 48.2 Å². The lowest BCUT2D eigenvalue weighted by atomic mass is 10.1. The van der Waals surface area contributed by atoms with Gasteiger partial charge in [-0.15, -0.1) is 11.3 Å². The van der Waals surface area contributed by atoms with Crippen LogP contribution in [0.2, 0.25) is 0 Å². The molecular weight excluding hydrogens is 456 g/mol. The van der Waals surface area contributed by atoms with Crippen LogP contribution in [0.3, 0.4) is 0 Å². The maximum Gasteiger partial charge on any atom is 0.256 e. The van der Waals surface area contributed by atoms with Gasteiger partial charge in [0, 0.05) is 11.9 Å². The molecule has 9 heteroatoms. The number of primary sulfonamides is 1. The molecule has 170 valence electrons. The largest absolute Gasteiger partial charge is 0.383 e. The number of anilines is 2. The topological polar surface area (TPSA) is 114 Å². The number of hydrogen-bond donors (Lipinski definition) is 3. The van der Waals surface area contributed by atoms with Crippen LogP contribution in [0.1, 0.15) is 30.1 Å². The summed E-state index contributed by atoms with van der Waals surface area (Å²) in [6.07, 6.45) is 1.93. The zero-order valence-corrected chi connectivity index (χ0v) is 19.7. The van der Waals surface area contributed by atoms with Crippen LogP contribution in [-0.4, -0.2) is 25.9 Å². The molecule has 0 saturated carbocycles. The van der Waals surface area contributed by atoms with Gasteiger partial charge in [-0.3, -0.25) is 4.79 Å². The number of fused-ring (bicyclic) bond motifs is 1. The van der Waals surface area contributed by atoms with Crippen molar-refractivity contribution in [3.05, 3.63) is 71.6 Å². The van der Waals surface area contributed by atoms with Gasteiger partial charge in [0.25, 0.3) is 5.91 Å². The van der Waals surface area contributed by atoms with E-state index in [1.54, 1.807) is 23.5 Å². The molecule has 4 N–H and O–H groups in total. The Kier molecular flexibility index (Phi) is 6.73. The van der Waals surface area contributed by atoms with Gasteiger partial charge in [-0.1, -0.05) is 37.6 Å². The monoisotopic (exact) mass is 480 g/mol. The Morgan fingerprint density at radius 2 is 1.88 bits per heavy atom. The summed E-state index contributed by atoms with van der Waals surface area (Å²) >= 11 is 1.54. The van der Waals surface area contributed by atoms with Gasteiger partial charge in [-0.25, -0.2) is 18.5 Å². The minimum atomic E-state index is -3.93. The number of carbonyl (C=O) groups excluding carboxylic acids is 1. The van der Waals surface area contributed by atoms with Crippen molar-refractivity contribution in [1.82, 2.24) is 4.98 Å². The van der Waals surface area contributed by atoms with E-state index in [0.29, 0.717) is 40.1 Å². The third-order valence-electron chi connectivity index (χ3n) is 5.15. The van der Waals surface area contributed by atoms with Crippen molar-refractivity contribution in [1.29, 1.82) is 0 Å². The highest BCUT2D eigenvalue weighted by Crippen LogP contribution is 2.30. The minimum Gasteiger partial charge on any atom is -0.383 e. The Morgan fingerprint density at radius 3 is 2.61 bits per heavy atom. The Bertz CT molecular complexity index is 1400. The van der Waals surface area contributed by atoms with Gasteiger partial charge in [0.05, 0.1) is 37.9 Å². The molecule has 1 amide bonds. The van der Waals surface area contributed by atoms with E-state index < -0.39 is 10.0 Å². The third kappa shape index (κ3) is 5.22. The zero-order valence-electron chi connectivity index (χ0n) is 18.0. The highest BCUT2D eigenvalue weighted by Gasteiger charge is 2.18. The highest BCUT2D eigenvalue weighted by atomic mass is 32.2. The van der Waals surface area contributed by atoms with Crippen LogP contribution in [-0.2, 0) is 10.0 Å². The van der Waals surface area contributed by atoms with Crippen LogP contribution < -0.4 is 15.8 Å². The summed E-state index contributed by atoms with van der Waals surface area (Å²) in [5.41, 5.74) is 2.83. The first-order valence-electron chi connectivity index (χ1n) is 10.5. The van der Waals surface area contributed by atoms with Crippen LogP contribution in [0.5, 0.6) is 0 Å². The molecule has 0 spiro atoms. The average molecular weight is 481 g/mol. The van der Waals surface area contributed by atoms with E-state index in [2.05, 4.69) is 17.6 Å². The molecule has 33 heavy (non-hydrogen) atoms. The van der Waals surface area contributed by atoms with Gasteiger partial charge in [0.1, 0.15) is 0 Å². The van der Waals surface area contributed by atoms with E-state index in [1.807, 2.05) is 41.8 Å². The first-order valence-corrected chi connectivity index (χ1v) is 12.9. The molecule has 2 heterocycles. The van der Waals surface area contributed by atoms with E-state index in [-0.39, 0.29) is 10.8 Å². The molecule has 0 radical (unpaired) electrons. The molecule has 4 rings (SSSR count). The van der Waals surface area contributed by atoms with E-state index in [1.165, 1.54) is 12.1 Å². The molecule has 0 atom stereocenters. The maximum absolute atomic E-state index is 13.4. The second-order valence-electron chi connectivity index (χ2n) is 7.54. The van der Waals surface area contributed by atoms with Crippen molar-refractivity contribution >= 4 is 49.5 Å². The van der Waals surface area contributed by atoms with Gasteiger partial charge in [0.2, 0.25) is 10.0 Å². The number of sulfonamides is 1. The van der Waals surface area contributed by atoms with Crippen molar-refractivity contribution in [2.45, 2.75) is 24.7 Å². The SMILES string of the molecule is CCCCNc1ccc(S(N)(=O)=O)cc1NC(=O)c1cc(-c2cccs2)nc2ccccc12. The molecule has 0 saturated heterocycles. The highest BCUT2D eigenvalue weighted by molar-refractivity contribution is 7.89.